The Morgan fingerprint density at radius 1 is 1.21 bits per heavy atom. The van der Waals surface area contributed by atoms with Crippen LogP contribution in [0, 0.1) is 11.8 Å². The Kier molecular flexibility index (Phi) is 5.35. The van der Waals surface area contributed by atoms with Crippen LogP contribution in [-0.2, 0) is 4.79 Å². The van der Waals surface area contributed by atoms with Crippen molar-refractivity contribution < 1.29 is 9.90 Å². The normalized spacial score (nSPS) is 16.0. The third-order valence-corrected chi connectivity index (χ3v) is 2.06. The van der Waals surface area contributed by atoms with E-state index in [9.17, 15) is 9.90 Å². The molecule has 0 radical (unpaired) electrons. The summed E-state index contributed by atoms with van der Waals surface area (Å²) in [5, 5.41) is 9.95. The van der Waals surface area contributed by atoms with Crippen LogP contribution < -0.4 is 0 Å². The fourth-order valence-corrected chi connectivity index (χ4v) is 1.90. The van der Waals surface area contributed by atoms with Crippen LogP contribution >= 0.6 is 0 Å². The van der Waals surface area contributed by atoms with Gasteiger partial charge in [-0.05, 0) is 25.2 Å². The van der Waals surface area contributed by atoms with E-state index < -0.39 is 5.60 Å². The van der Waals surface area contributed by atoms with Gasteiger partial charge in [0.15, 0.2) is 0 Å². The van der Waals surface area contributed by atoms with E-state index in [1.54, 1.807) is 6.92 Å². The molecule has 0 heterocycles. The Hall–Kier alpha value is -0.370. The summed E-state index contributed by atoms with van der Waals surface area (Å²) in [7, 11) is 0. The van der Waals surface area contributed by atoms with E-state index in [0.717, 1.165) is 0 Å². The molecule has 0 aromatic rings. The van der Waals surface area contributed by atoms with Crippen LogP contribution in [0.25, 0.3) is 0 Å². The van der Waals surface area contributed by atoms with Gasteiger partial charge in [-0.3, -0.25) is 4.79 Å². The van der Waals surface area contributed by atoms with Crippen LogP contribution in [0.4, 0.5) is 0 Å². The topological polar surface area (TPSA) is 37.3 Å². The van der Waals surface area contributed by atoms with Gasteiger partial charge < -0.3 is 5.11 Å². The minimum Gasteiger partial charge on any atom is -0.390 e. The van der Waals surface area contributed by atoms with E-state index in [2.05, 4.69) is 13.8 Å². The lowest BCUT2D eigenvalue weighted by molar-refractivity contribution is -0.124. The molecule has 1 atom stereocenters. The van der Waals surface area contributed by atoms with Crippen molar-refractivity contribution >= 4 is 5.78 Å². The van der Waals surface area contributed by atoms with Crippen LogP contribution in [0.5, 0.6) is 0 Å². The van der Waals surface area contributed by atoms with Gasteiger partial charge in [-0.1, -0.05) is 27.7 Å². The first kappa shape index (κ1) is 13.6. The molecular formula is C12H24O2. The highest BCUT2D eigenvalue weighted by atomic mass is 16.3. The second-order valence-corrected chi connectivity index (χ2v) is 5.41. The third kappa shape index (κ3) is 7.07. The molecule has 2 nitrogen and oxygen atoms in total. The predicted octanol–water partition coefficient (Wildman–Crippen LogP) is 2.79. The molecule has 0 aliphatic carbocycles. The zero-order valence-corrected chi connectivity index (χ0v) is 10.1. The van der Waals surface area contributed by atoms with Crippen LogP contribution in [0.2, 0.25) is 0 Å². The molecule has 0 aromatic carbocycles. The molecular weight excluding hydrogens is 176 g/mol. The lowest BCUT2D eigenvalue weighted by Crippen LogP contribution is -2.30. The van der Waals surface area contributed by atoms with Crippen molar-refractivity contribution in [2.45, 2.75) is 59.5 Å². The average molecular weight is 200 g/mol. The second kappa shape index (κ2) is 5.50. The first-order valence-corrected chi connectivity index (χ1v) is 5.47. The highest BCUT2D eigenvalue weighted by Gasteiger charge is 2.25. The third-order valence-electron chi connectivity index (χ3n) is 2.06. The van der Waals surface area contributed by atoms with E-state index in [-0.39, 0.29) is 5.78 Å². The summed E-state index contributed by atoms with van der Waals surface area (Å²) in [6, 6.07) is 0. The number of carbonyl (C=O) groups is 1. The number of ketones is 1. The van der Waals surface area contributed by atoms with E-state index in [0.29, 0.717) is 31.1 Å². The first-order chi connectivity index (χ1) is 6.23. The van der Waals surface area contributed by atoms with E-state index in [4.69, 9.17) is 0 Å². The van der Waals surface area contributed by atoms with E-state index in [1.807, 2.05) is 13.8 Å². The molecule has 14 heavy (non-hydrogen) atoms. The molecule has 0 aromatic heterocycles. The number of hydrogen-bond donors (Lipinski definition) is 1. The van der Waals surface area contributed by atoms with Gasteiger partial charge in [-0.15, -0.1) is 0 Å². The molecule has 0 aliphatic rings. The summed E-state index contributed by atoms with van der Waals surface area (Å²) in [6.07, 6.45) is 1.56. The monoisotopic (exact) mass is 200 g/mol. The Bertz CT molecular complexity index is 181. The van der Waals surface area contributed by atoms with Crippen LogP contribution in [0.3, 0.4) is 0 Å². The van der Waals surface area contributed by atoms with Gasteiger partial charge in [0.2, 0.25) is 0 Å². The fraction of sp³-hybridized carbons (Fsp3) is 0.917. The molecule has 0 saturated heterocycles. The summed E-state index contributed by atoms with van der Waals surface area (Å²) < 4.78 is 0. The van der Waals surface area contributed by atoms with Gasteiger partial charge >= 0.3 is 0 Å². The van der Waals surface area contributed by atoms with Crippen molar-refractivity contribution in [2.75, 3.05) is 0 Å². The summed E-state index contributed by atoms with van der Waals surface area (Å²) >= 11 is 0. The Balaban J connectivity index is 4.01. The summed E-state index contributed by atoms with van der Waals surface area (Å²) in [6.45, 7) is 9.91. The van der Waals surface area contributed by atoms with Crippen molar-refractivity contribution in [3.8, 4) is 0 Å². The quantitative estimate of drug-likeness (QED) is 0.716. The van der Waals surface area contributed by atoms with Gasteiger partial charge in [-0.2, -0.15) is 0 Å². The molecule has 0 aliphatic heterocycles. The number of hydrogen-bond acceptors (Lipinski definition) is 2. The maximum absolute atomic E-state index is 11.5. The Labute approximate surface area is 87.7 Å². The maximum atomic E-state index is 11.5. The minimum absolute atomic E-state index is 0.172. The van der Waals surface area contributed by atoms with Crippen molar-refractivity contribution in [1.82, 2.24) is 0 Å². The number of aliphatic hydroxyl groups is 1. The lowest BCUT2D eigenvalue weighted by Gasteiger charge is -2.24. The molecule has 0 bridgehead atoms. The molecule has 1 unspecified atom stereocenters. The van der Waals surface area contributed by atoms with Crippen molar-refractivity contribution in [3.05, 3.63) is 0 Å². The molecule has 0 saturated carbocycles. The van der Waals surface area contributed by atoms with Crippen LogP contribution in [0.1, 0.15) is 53.9 Å². The van der Waals surface area contributed by atoms with Crippen molar-refractivity contribution in [2.24, 2.45) is 11.8 Å². The molecule has 1 N–H and O–H groups in total. The smallest absolute Gasteiger partial charge is 0.136 e. The highest BCUT2D eigenvalue weighted by Crippen LogP contribution is 2.21. The number of Topliss-reactive ketones (excluding diaryl/α,β-unsaturated/α-hetero) is 1. The zero-order chi connectivity index (χ0) is 11.4. The lowest BCUT2D eigenvalue weighted by atomic mass is 9.88. The highest BCUT2D eigenvalue weighted by molar-refractivity contribution is 5.79. The molecule has 0 rings (SSSR count). The van der Waals surface area contributed by atoms with Gasteiger partial charge in [-0.25, -0.2) is 0 Å². The standard InChI is InChI=1S/C12H24O2/c1-9(2)6-11(13)8-12(5,14)7-10(3)4/h9-10,14H,6-8H2,1-5H3. The first-order valence-electron chi connectivity index (χ1n) is 5.47. The van der Waals surface area contributed by atoms with E-state index >= 15 is 0 Å². The fourth-order valence-electron chi connectivity index (χ4n) is 1.90. The Morgan fingerprint density at radius 3 is 2.07 bits per heavy atom. The molecule has 2 heteroatoms. The zero-order valence-electron chi connectivity index (χ0n) is 10.1. The number of rotatable bonds is 6. The molecule has 0 spiro atoms. The SMILES string of the molecule is CC(C)CC(=O)CC(C)(O)CC(C)C. The number of carbonyl (C=O) groups excluding carboxylic acids is 1. The maximum Gasteiger partial charge on any atom is 0.136 e. The average Bonchev–Trinajstić information content (AvgIpc) is 1.77. The summed E-state index contributed by atoms with van der Waals surface area (Å²) in [4.78, 5) is 11.5. The largest absolute Gasteiger partial charge is 0.390 e. The minimum atomic E-state index is -0.819. The predicted molar refractivity (Wildman–Crippen MR) is 59.2 cm³/mol. The van der Waals surface area contributed by atoms with Crippen LogP contribution in [0.15, 0.2) is 0 Å². The molecule has 0 amide bonds. The van der Waals surface area contributed by atoms with Gasteiger partial charge in [0.1, 0.15) is 5.78 Å². The second-order valence-electron chi connectivity index (χ2n) is 5.41. The van der Waals surface area contributed by atoms with Gasteiger partial charge in [0.25, 0.3) is 0 Å². The van der Waals surface area contributed by atoms with Crippen molar-refractivity contribution in [3.63, 3.8) is 0 Å². The van der Waals surface area contributed by atoms with Crippen LogP contribution in [-0.4, -0.2) is 16.5 Å². The van der Waals surface area contributed by atoms with Crippen molar-refractivity contribution in [1.29, 1.82) is 0 Å². The Morgan fingerprint density at radius 2 is 1.71 bits per heavy atom. The molecule has 0 fully saturated rings. The van der Waals surface area contributed by atoms with E-state index in [1.165, 1.54) is 0 Å². The van der Waals surface area contributed by atoms with Gasteiger partial charge in [0, 0.05) is 12.8 Å². The van der Waals surface area contributed by atoms with Gasteiger partial charge in [0.05, 0.1) is 5.60 Å². The molecule has 84 valence electrons. The summed E-state index contributed by atoms with van der Waals surface area (Å²) in [5.41, 5.74) is -0.819. The summed E-state index contributed by atoms with van der Waals surface area (Å²) in [5.74, 6) is 0.986.